The normalized spacial score (nSPS) is 28.5. The maximum absolute atomic E-state index is 12.6. The highest BCUT2D eigenvalue weighted by molar-refractivity contribution is 5.89. The lowest BCUT2D eigenvalue weighted by atomic mass is 9.84. The molecule has 5 nitrogen and oxygen atoms in total. The van der Waals surface area contributed by atoms with Gasteiger partial charge in [0.1, 0.15) is 6.54 Å². The van der Waals surface area contributed by atoms with E-state index < -0.39 is 0 Å². The number of rotatable bonds is 4. The number of carbonyl (C=O) groups excluding carboxylic acids is 2. The van der Waals surface area contributed by atoms with Crippen molar-refractivity contribution in [2.45, 2.75) is 45.6 Å². The standard InChI is InChI=1S/C20H26N2O3/c1-12-3-6-17-18(7-12)25-20(24)11-22(17)10-19(23)21-13(2)16-9-14-4-5-15(16)8-14/h3,6-7,13-16H,4-5,8-11H2,1-2H3,(H,21,23). The first-order valence-corrected chi connectivity index (χ1v) is 9.35. The summed E-state index contributed by atoms with van der Waals surface area (Å²) in [7, 11) is 0. The van der Waals surface area contributed by atoms with Gasteiger partial charge in [-0.05, 0) is 68.6 Å². The van der Waals surface area contributed by atoms with Gasteiger partial charge in [-0.25, -0.2) is 4.79 Å². The van der Waals surface area contributed by atoms with Gasteiger partial charge in [-0.2, -0.15) is 0 Å². The zero-order valence-corrected chi connectivity index (χ0v) is 15.0. The quantitative estimate of drug-likeness (QED) is 0.675. The minimum Gasteiger partial charge on any atom is -0.423 e. The van der Waals surface area contributed by atoms with Crippen LogP contribution in [0.5, 0.6) is 5.75 Å². The summed E-state index contributed by atoms with van der Waals surface area (Å²) in [5.74, 6) is 2.49. The van der Waals surface area contributed by atoms with Crippen LogP contribution in [0.1, 0.15) is 38.2 Å². The number of hydrogen-bond donors (Lipinski definition) is 1. The van der Waals surface area contributed by atoms with Crippen LogP contribution in [0.3, 0.4) is 0 Å². The van der Waals surface area contributed by atoms with Crippen molar-refractivity contribution in [3.8, 4) is 5.75 Å². The summed E-state index contributed by atoms with van der Waals surface area (Å²) in [6, 6.07) is 5.94. The molecule has 4 unspecified atom stereocenters. The van der Waals surface area contributed by atoms with Gasteiger partial charge in [0.15, 0.2) is 5.75 Å². The summed E-state index contributed by atoms with van der Waals surface area (Å²) in [6.07, 6.45) is 5.29. The molecule has 2 bridgehead atoms. The number of esters is 1. The average Bonchev–Trinajstić information content (AvgIpc) is 3.17. The number of nitrogens with one attached hydrogen (secondary N) is 1. The molecule has 1 aromatic rings. The van der Waals surface area contributed by atoms with Gasteiger partial charge < -0.3 is 15.0 Å². The molecule has 5 heteroatoms. The molecule has 0 radical (unpaired) electrons. The van der Waals surface area contributed by atoms with Gasteiger partial charge >= 0.3 is 5.97 Å². The molecule has 1 heterocycles. The second-order valence-electron chi connectivity index (χ2n) is 8.00. The maximum Gasteiger partial charge on any atom is 0.331 e. The maximum atomic E-state index is 12.6. The first-order chi connectivity index (χ1) is 12.0. The van der Waals surface area contributed by atoms with Crippen LogP contribution in [-0.2, 0) is 9.59 Å². The van der Waals surface area contributed by atoms with Crippen molar-refractivity contribution in [1.82, 2.24) is 5.32 Å². The van der Waals surface area contributed by atoms with Gasteiger partial charge in [0.25, 0.3) is 0 Å². The molecular formula is C20H26N2O3. The van der Waals surface area contributed by atoms with E-state index in [1.807, 2.05) is 30.0 Å². The Kier molecular flexibility index (Phi) is 4.18. The molecule has 0 spiro atoms. The van der Waals surface area contributed by atoms with Crippen molar-refractivity contribution in [1.29, 1.82) is 0 Å². The SMILES string of the molecule is Cc1ccc2c(c1)OC(=O)CN2CC(=O)NC(C)C1CC2CCC1C2. The van der Waals surface area contributed by atoms with E-state index in [9.17, 15) is 9.59 Å². The average molecular weight is 342 g/mol. The predicted octanol–water partition coefficient (Wildman–Crippen LogP) is 2.66. The minimum absolute atomic E-state index is 0.0171. The van der Waals surface area contributed by atoms with Gasteiger partial charge in [-0.3, -0.25) is 4.79 Å². The Balaban J connectivity index is 1.40. The Labute approximate surface area is 148 Å². The summed E-state index contributed by atoms with van der Waals surface area (Å²) >= 11 is 0. The fourth-order valence-electron chi connectivity index (χ4n) is 4.99. The third-order valence-electron chi connectivity index (χ3n) is 6.16. The van der Waals surface area contributed by atoms with Crippen molar-refractivity contribution in [3.05, 3.63) is 23.8 Å². The molecule has 1 aromatic carbocycles. The Bertz CT molecular complexity index is 702. The van der Waals surface area contributed by atoms with Crippen molar-refractivity contribution in [3.63, 3.8) is 0 Å². The zero-order chi connectivity index (χ0) is 17.6. The largest absolute Gasteiger partial charge is 0.423 e. The molecule has 2 saturated carbocycles. The highest BCUT2D eigenvalue weighted by Crippen LogP contribution is 2.49. The fourth-order valence-corrected chi connectivity index (χ4v) is 4.99. The molecule has 4 rings (SSSR count). The van der Waals surface area contributed by atoms with Crippen LogP contribution in [-0.4, -0.2) is 31.0 Å². The molecule has 0 aromatic heterocycles. The second kappa shape index (κ2) is 6.36. The molecule has 0 saturated heterocycles. The van der Waals surface area contributed by atoms with Gasteiger partial charge in [0.05, 0.1) is 12.2 Å². The number of aryl methyl sites for hydroxylation is 1. The number of amides is 1. The Hall–Kier alpha value is -2.04. The molecule has 1 N–H and O–H groups in total. The monoisotopic (exact) mass is 342 g/mol. The number of anilines is 1. The molecule has 4 atom stereocenters. The van der Waals surface area contributed by atoms with Crippen LogP contribution in [0.25, 0.3) is 0 Å². The summed E-state index contributed by atoms with van der Waals surface area (Å²) in [5.41, 5.74) is 1.84. The van der Waals surface area contributed by atoms with Crippen molar-refractivity contribution >= 4 is 17.6 Å². The summed E-state index contributed by atoms with van der Waals surface area (Å²) < 4.78 is 5.31. The smallest absolute Gasteiger partial charge is 0.331 e. The lowest BCUT2D eigenvalue weighted by Crippen LogP contribution is -2.47. The second-order valence-corrected chi connectivity index (χ2v) is 8.00. The molecule has 25 heavy (non-hydrogen) atoms. The van der Waals surface area contributed by atoms with E-state index in [0.717, 1.165) is 23.1 Å². The van der Waals surface area contributed by atoms with Gasteiger partial charge in [-0.1, -0.05) is 12.5 Å². The van der Waals surface area contributed by atoms with Gasteiger partial charge in [0.2, 0.25) is 5.91 Å². The molecule has 3 aliphatic rings. The summed E-state index contributed by atoms with van der Waals surface area (Å²) in [4.78, 5) is 26.2. The highest BCUT2D eigenvalue weighted by Gasteiger charge is 2.42. The van der Waals surface area contributed by atoms with Crippen molar-refractivity contribution < 1.29 is 14.3 Å². The number of hydrogen-bond acceptors (Lipinski definition) is 4. The zero-order valence-electron chi connectivity index (χ0n) is 15.0. The van der Waals surface area contributed by atoms with E-state index in [2.05, 4.69) is 12.2 Å². The molecule has 1 aliphatic heterocycles. The van der Waals surface area contributed by atoms with Crippen LogP contribution in [0.15, 0.2) is 18.2 Å². The minimum atomic E-state index is -0.313. The third-order valence-corrected chi connectivity index (χ3v) is 6.16. The van der Waals surface area contributed by atoms with E-state index in [0.29, 0.717) is 11.7 Å². The topological polar surface area (TPSA) is 58.6 Å². The van der Waals surface area contributed by atoms with E-state index in [-0.39, 0.29) is 31.0 Å². The van der Waals surface area contributed by atoms with Crippen LogP contribution in [0.4, 0.5) is 5.69 Å². The van der Waals surface area contributed by atoms with Crippen LogP contribution < -0.4 is 15.0 Å². The summed E-state index contributed by atoms with van der Waals surface area (Å²) in [6.45, 7) is 4.39. The first-order valence-electron chi connectivity index (χ1n) is 9.35. The number of benzene rings is 1. The van der Waals surface area contributed by atoms with Crippen molar-refractivity contribution in [2.75, 3.05) is 18.0 Å². The molecule has 134 valence electrons. The molecule has 1 amide bonds. The molecular weight excluding hydrogens is 316 g/mol. The number of carbonyl (C=O) groups is 2. The molecule has 2 fully saturated rings. The first kappa shape index (κ1) is 16.4. The Morgan fingerprint density at radius 1 is 1.36 bits per heavy atom. The summed E-state index contributed by atoms with van der Waals surface area (Å²) in [5, 5.41) is 3.18. The Morgan fingerprint density at radius 2 is 2.20 bits per heavy atom. The lowest BCUT2D eigenvalue weighted by Gasteiger charge is -2.32. The number of nitrogens with zero attached hydrogens (tertiary/aromatic N) is 1. The van der Waals surface area contributed by atoms with Crippen LogP contribution in [0.2, 0.25) is 0 Å². The van der Waals surface area contributed by atoms with Gasteiger partial charge in [-0.15, -0.1) is 0 Å². The number of ether oxygens (including phenoxy) is 1. The van der Waals surface area contributed by atoms with Crippen LogP contribution in [0, 0.1) is 24.7 Å². The lowest BCUT2D eigenvalue weighted by molar-refractivity contribution is -0.133. The van der Waals surface area contributed by atoms with Crippen LogP contribution >= 0.6 is 0 Å². The molecule has 2 aliphatic carbocycles. The fraction of sp³-hybridized carbons (Fsp3) is 0.600. The Morgan fingerprint density at radius 3 is 2.92 bits per heavy atom. The predicted molar refractivity (Wildman–Crippen MR) is 95.6 cm³/mol. The third kappa shape index (κ3) is 3.24. The van der Waals surface area contributed by atoms with E-state index in [4.69, 9.17) is 4.74 Å². The van der Waals surface area contributed by atoms with E-state index in [1.165, 1.54) is 25.7 Å². The van der Waals surface area contributed by atoms with E-state index >= 15 is 0 Å². The van der Waals surface area contributed by atoms with Gasteiger partial charge in [0, 0.05) is 6.04 Å². The van der Waals surface area contributed by atoms with E-state index in [1.54, 1.807) is 0 Å². The van der Waals surface area contributed by atoms with Crippen molar-refractivity contribution in [2.24, 2.45) is 17.8 Å². The number of fused-ring (bicyclic) bond motifs is 3. The highest BCUT2D eigenvalue weighted by atomic mass is 16.5.